The van der Waals surface area contributed by atoms with Gasteiger partial charge in [-0.2, -0.15) is 0 Å². The lowest BCUT2D eigenvalue weighted by molar-refractivity contribution is -0.122. The molecule has 0 radical (unpaired) electrons. The molecule has 0 aliphatic heterocycles. The number of hydrogen-bond donors (Lipinski definition) is 2. The molecule has 0 atom stereocenters. The minimum Gasteiger partial charge on any atom is -0.459 e. The molecule has 9 heteroatoms. The van der Waals surface area contributed by atoms with Gasteiger partial charge in [0.1, 0.15) is 0 Å². The Balaban J connectivity index is 1.44. The number of hydrogen-bond acceptors (Lipinski definition) is 7. The van der Waals surface area contributed by atoms with Gasteiger partial charge in [0.05, 0.1) is 18.6 Å². The van der Waals surface area contributed by atoms with E-state index in [0.29, 0.717) is 5.76 Å². The second-order valence-electron chi connectivity index (χ2n) is 5.73. The van der Waals surface area contributed by atoms with E-state index in [1.807, 2.05) is 32.0 Å². The second kappa shape index (κ2) is 8.54. The van der Waals surface area contributed by atoms with Crippen molar-refractivity contribution in [2.75, 3.05) is 17.6 Å². The van der Waals surface area contributed by atoms with Gasteiger partial charge in [-0.15, -0.1) is 10.2 Å². The van der Waals surface area contributed by atoms with Crippen LogP contribution in [0.5, 0.6) is 0 Å². The number of furan rings is 1. The van der Waals surface area contributed by atoms with E-state index in [9.17, 15) is 9.59 Å². The highest BCUT2D eigenvalue weighted by atomic mass is 32.2. The third kappa shape index (κ3) is 4.98. The topological polar surface area (TPSA) is 110 Å². The van der Waals surface area contributed by atoms with E-state index in [4.69, 9.17) is 8.83 Å². The lowest BCUT2D eigenvalue weighted by Crippen LogP contribution is -2.34. The van der Waals surface area contributed by atoms with Crippen LogP contribution in [-0.2, 0) is 9.59 Å². The first-order valence-electron chi connectivity index (χ1n) is 8.16. The summed E-state index contributed by atoms with van der Waals surface area (Å²) in [6.45, 7) is 3.72. The van der Waals surface area contributed by atoms with Gasteiger partial charge >= 0.3 is 0 Å². The summed E-state index contributed by atoms with van der Waals surface area (Å²) in [6, 6.07) is 9.17. The summed E-state index contributed by atoms with van der Waals surface area (Å²) in [6.07, 6.45) is 1.50. The molecule has 0 saturated carbocycles. The minimum absolute atomic E-state index is 0.0520. The average Bonchev–Trinajstić information content (AvgIpc) is 3.32. The number of thioether (sulfide) groups is 1. The molecule has 0 saturated heterocycles. The van der Waals surface area contributed by atoms with Crippen molar-refractivity contribution in [1.29, 1.82) is 0 Å². The fourth-order valence-corrected chi connectivity index (χ4v) is 2.91. The number of amides is 2. The van der Waals surface area contributed by atoms with Crippen LogP contribution in [0.2, 0.25) is 0 Å². The van der Waals surface area contributed by atoms with Crippen molar-refractivity contribution >= 4 is 29.3 Å². The van der Waals surface area contributed by atoms with E-state index in [1.54, 1.807) is 12.1 Å². The molecule has 2 N–H and O–H groups in total. The Morgan fingerprint density at radius 3 is 2.56 bits per heavy atom. The molecular weight excluding hydrogens is 368 g/mol. The van der Waals surface area contributed by atoms with Gasteiger partial charge in [-0.3, -0.25) is 9.59 Å². The highest BCUT2D eigenvalue weighted by molar-refractivity contribution is 7.99. The molecule has 0 aliphatic rings. The van der Waals surface area contributed by atoms with Crippen molar-refractivity contribution < 1.29 is 18.4 Å². The Labute approximate surface area is 159 Å². The van der Waals surface area contributed by atoms with Crippen LogP contribution in [0.4, 0.5) is 5.69 Å². The van der Waals surface area contributed by atoms with Crippen LogP contribution < -0.4 is 10.6 Å². The van der Waals surface area contributed by atoms with Gasteiger partial charge in [0.2, 0.25) is 11.8 Å². The van der Waals surface area contributed by atoms with Crippen molar-refractivity contribution in [2.45, 2.75) is 19.1 Å². The zero-order valence-corrected chi connectivity index (χ0v) is 15.6. The molecule has 0 aliphatic carbocycles. The number of aromatic nitrogens is 2. The quantitative estimate of drug-likeness (QED) is 0.601. The molecule has 2 aromatic heterocycles. The fourth-order valence-electron chi connectivity index (χ4n) is 2.32. The minimum atomic E-state index is -0.311. The van der Waals surface area contributed by atoms with Gasteiger partial charge in [0.15, 0.2) is 5.76 Å². The number of benzene rings is 1. The zero-order valence-electron chi connectivity index (χ0n) is 14.8. The van der Waals surface area contributed by atoms with Crippen LogP contribution in [0.25, 0.3) is 11.7 Å². The van der Waals surface area contributed by atoms with Crippen molar-refractivity contribution in [1.82, 2.24) is 15.5 Å². The summed E-state index contributed by atoms with van der Waals surface area (Å²) < 4.78 is 10.6. The van der Waals surface area contributed by atoms with E-state index in [-0.39, 0.29) is 35.2 Å². The monoisotopic (exact) mass is 386 g/mol. The molecule has 3 aromatic rings. The number of rotatable bonds is 7. The van der Waals surface area contributed by atoms with E-state index in [1.165, 1.54) is 6.26 Å². The molecule has 140 valence electrons. The highest BCUT2D eigenvalue weighted by Crippen LogP contribution is 2.23. The van der Waals surface area contributed by atoms with Crippen LogP contribution in [0, 0.1) is 13.8 Å². The maximum atomic E-state index is 12.0. The molecule has 1 aromatic carbocycles. The van der Waals surface area contributed by atoms with Gasteiger partial charge < -0.3 is 19.5 Å². The molecule has 8 nitrogen and oxygen atoms in total. The molecule has 0 bridgehead atoms. The van der Waals surface area contributed by atoms with Crippen LogP contribution in [0.15, 0.2) is 50.7 Å². The highest BCUT2D eigenvalue weighted by Gasteiger charge is 2.14. The number of carbonyl (C=O) groups excluding carboxylic acids is 2. The Bertz CT molecular complexity index is 917. The number of aryl methyl sites for hydroxylation is 2. The van der Waals surface area contributed by atoms with Gasteiger partial charge in [0, 0.05) is 5.69 Å². The number of nitrogens with one attached hydrogen (secondary N) is 2. The number of anilines is 1. The Morgan fingerprint density at radius 1 is 1.07 bits per heavy atom. The Kier molecular flexibility index (Phi) is 5.92. The fraction of sp³-hybridized carbons (Fsp3) is 0.222. The lowest BCUT2D eigenvalue weighted by atomic mass is 10.1. The normalized spacial score (nSPS) is 10.6. The predicted molar refractivity (Wildman–Crippen MR) is 100 cm³/mol. The van der Waals surface area contributed by atoms with Crippen molar-refractivity contribution in [3.63, 3.8) is 0 Å². The van der Waals surface area contributed by atoms with Crippen molar-refractivity contribution in [3.05, 3.63) is 47.7 Å². The molecule has 3 rings (SSSR count). The van der Waals surface area contributed by atoms with E-state index >= 15 is 0 Å². The molecule has 0 spiro atoms. The predicted octanol–water partition coefficient (Wildman–Crippen LogP) is 2.79. The van der Waals surface area contributed by atoms with E-state index in [2.05, 4.69) is 20.8 Å². The SMILES string of the molecule is Cc1cccc(C)c1NC(=O)CNC(=O)CSc1nnc(-c2ccco2)o1. The number of carbonyl (C=O) groups is 2. The Hall–Kier alpha value is -3.07. The Morgan fingerprint density at radius 2 is 1.85 bits per heavy atom. The summed E-state index contributed by atoms with van der Waals surface area (Å²) in [5.74, 6) is 0.159. The van der Waals surface area contributed by atoms with Gasteiger partial charge in [-0.25, -0.2) is 0 Å². The molecule has 0 fully saturated rings. The van der Waals surface area contributed by atoms with Crippen LogP contribution >= 0.6 is 11.8 Å². The smallest absolute Gasteiger partial charge is 0.284 e. The molecule has 27 heavy (non-hydrogen) atoms. The summed E-state index contributed by atoms with van der Waals surface area (Å²) >= 11 is 1.08. The standard InChI is InChI=1S/C18H18N4O4S/c1-11-5-3-6-12(2)16(11)20-14(23)9-19-15(24)10-27-18-22-21-17(26-18)13-7-4-8-25-13/h3-8H,9-10H2,1-2H3,(H,19,24)(H,20,23). The average molecular weight is 386 g/mol. The molecule has 2 heterocycles. The summed E-state index contributed by atoms with van der Waals surface area (Å²) in [5.41, 5.74) is 2.70. The molecule has 0 unspecified atom stereocenters. The van der Waals surface area contributed by atoms with Crippen LogP contribution in [0.1, 0.15) is 11.1 Å². The van der Waals surface area contributed by atoms with E-state index < -0.39 is 0 Å². The van der Waals surface area contributed by atoms with Gasteiger partial charge in [-0.05, 0) is 37.1 Å². The largest absolute Gasteiger partial charge is 0.459 e. The van der Waals surface area contributed by atoms with E-state index in [0.717, 1.165) is 28.6 Å². The number of para-hydroxylation sites is 1. The van der Waals surface area contributed by atoms with Gasteiger partial charge in [-0.1, -0.05) is 30.0 Å². The first kappa shape index (κ1) is 18.7. The van der Waals surface area contributed by atoms with Gasteiger partial charge in [0.25, 0.3) is 11.1 Å². The molecule has 2 amide bonds. The maximum Gasteiger partial charge on any atom is 0.284 e. The first-order chi connectivity index (χ1) is 13.0. The van der Waals surface area contributed by atoms with Crippen LogP contribution in [0.3, 0.4) is 0 Å². The first-order valence-corrected chi connectivity index (χ1v) is 9.14. The third-order valence-electron chi connectivity index (χ3n) is 3.66. The maximum absolute atomic E-state index is 12.0. The van der Waals surface area contributed by atoms with Crippen molar-refractivity contribution in [3.8, 4) is 11.7 Å². The third-order valence-corrected chi connectivity index (χ3v) is 4.48. The lowest BCUT2D eigenvalue weighted by Gasteiger charge is -2.11. The van der Waals surface area contributed by atoms with Crippen molar-refractivity contribution in [2.24, 2.45) is 0 Å². The molecular formula is C18H18N4O4S. The number of nitrogens with zero attached hydrogens (tertiary/aromatic N) is 2. The summed E-state index contributed by atoms with van der Waals surface area (Å²) in [7, 11) is 0. The van der Waals surface area contributed by atoms with Crippen LogP contribution in [-0.4, -0.2) is 34.3 Å². The summed E-state index contributed by atoms with van der Waals surface area (Å²) in [5, 5.41) is 13.3. The summed E-state index contributed by atoms with van der Waals surface area (Å²) in [4.78, 5) is 24.0. The zero-order chi connectivity index (χ0) is 19.2. The second-order valence-corrected chi connectivity index (χ2v) is 6.66.